The Labute approximate surface area is 188 Å². The van der Waals surface area contributed by atoms with Gasteiger partial charge in [0.1, 0.15) is 16.5 Å². The third-order valence-electron chi connectivity index (χ3n) is 5.71. The standard InChI is InChI=1S/C23H28N4O3S/c28-23(29)27-15-13-26(14-16-27)22(31)19-3-7-21(8-4-19)30-20-5-1-18(2-6-20)17-25-11-9-24-10-12-25/h1-8,24H,9-17H2,(H,28,29). The van der Waals surface area contributed by atoms with E-state index in [0.717, 1.165) is 54.8 Å². The largest absolute Gasteiger partial charge is 0.465 e. The minimum atomic E-state index is -0.871. The predicted octanol–water partition coefficient (Wildman–Crippen LogP) is 2.86. The molecule has 2 fully saturated rings. The van der Waals surface area contributed by atoms with E-state index in [2.05, 4.69) is 27.2 Å². The Morgan fingerprint density at radius 3 is 2.00 bits per heavy atom. The molecule has 4 rings (SSSR count). The number of benzene rings is 2. The van der Waals surface area contributed by atoms with Crippen LogP contribution in [0.4, 0.5) is 4.79 Å². The van der Waals surface area contributed by atoms with Crippen molar-refractivity contribution in [3.8, 4) is 11.5 Å². The number of hydrogen-bond acceptors (Lipinski definition) is 5. The van der Waals surface area contributed by atoms with Gasteiger partial charge in [-0.1, -0.05) is 24.4 Å². The minimum Gasteiger partial charge on any atom is -0.465 e. The molecule has 2 aliphatic heterocycles. The number of rotatable bonds is 5. The summed E-state index contributed by atoms with van der Waals surface area (Å²) in [7, 11) is 0. The molecule has 8 heteroatoms. The minimum absolute atomic E-state index is 0.474. The van der Waals surface area contributed by atoms with Crippen LogP contribution in [0.3, 0.4) is 0 Å². The molecule has 164 valence electrons. The van der Waals surface area contributed by atoms with Gasteiger partial charge in [0, 0.05) is 64.5 Å². The average Bonchev–Trinajstić information content (AvgIpc) is 2.81. The summed E-state index contributed by atoms with van der Waals surface area (Å²) in [5.74, 6) is 1.57. The molecule has 0 saturated carbocycles. The van der Waals surface area contributed by atoms with Gasteiger partial charge in [0.15, 0.2) is 0 Å². The fourth-order valence-electron chi connectivity index (χ4n) is 3.88. The van der Waals surface area contributed by atoms with Crippen LogP contribution in [0, 0.1) is 0 Å². The monoisotopic (exact) mass is 440 g/mol. The fraction of sp³-hybridized carbons (Fsp3) is 0.391. The Morgan fingerprint density at radius 2 is 1.42 bits per heavy atom. The molecule has 2 aromatic carbocycles. The molecule has 0 atom stereocenters. The molecule has 2 N–H and O–H groups in total. The second kappa shape index (κ2) is 10.1. The first-order valence-corrected chi connectivity index (χ1v) is 11.1. The molecule has 2 aliphatic rings. The van der Waals surface area contributed by atoms with Gasteiger partial charge in [0.25, 0.3) is 0 Å². The molecular formula is C23H28N4O3S. The summed E-state index contributed by atoms with van der Waals surface area (Å²) in [6.45, 7) is 7.42. The number of ether oxygens (including phenoxy) is 1. The molecule has 31 heavy (non-hydrogen) atoms. The second-order valence-corrected chi connectivity index (χ2v) is 8.25. The van der Waals surface area contributed by atoms with E-state index in [0.29, 0.717) is 26.2 Å². The number of nitrogens with zero attached hydrogens (tertiary/aromatic N) is 3. The summed E-state index contributed by atoms with van der Waals surface area (Å²) in [6, 6.07) is 16.0. The maximum Gasteiger partial charge on any atom is 0.407 e. The summed E-state index contributed by atoms with van der Waals surface area (Å²) >= 11 is 5.61. The Morgan fingerprint density at radius 1 is 0.871 bits per heavy atom. The number of piperazine rings is 2. The number of nitrogens with one attached hydrogen (secondary N) is 1. The molecule has 0 radical (unpaired) electrons. The molecule has 0 aromatic heterocycles. The first-order valence-electron chi connectivity index (χ1n) is 10.7. The Hall–Kier alpha value is -2.68. The molecule has 2 aromatic rings. The molecule has 0 bridgehead atoms. The Balaban J connectivity index is 1.30. The number of hydrogen-bond donors (Lipinski definition) is 2. The zero-order valence-corrected chi connectivity index (χ0v) is 18.3. The van der Waals surface area contributed by atoms with Gasteiger partial charge in [-0.3, -0.25) is 4.90 Å². The van der Waals surface area contributed by atoms with E-state index < -0.39 is 6.09 Å². The highest BCUT2D eigenvalue weighted by atomic mass is 32.1. The summed E-state index contributed by atoms with van der Waals surface area (Å²) in [4.78, 5) is 17.7. The van der Waals surface area contributed by atoms with Crippen LogP contribution in [0.5, 0.6) is 11.5 Å². The highest BCUT2D eigenvalue weighted by Crippen LogP contribution is 2.23. The quantitative estimate of drug-likeness (QED) is 0.693. The van der Waals surface area contributed by atoms with Crippen LogP contribution >= 0.6 is 12.2 Å². The maximum absolute atomic E-state index is 11.1. The highest BCUT2D eigenvalue weighted by molar-refractivity contribution is 7.80. The van der Waals surface area contributed by atoms with Crippen LogP contribution in [0.1, 0.15) is 11.1 Å². The lowest BCUT2D eigenvalue weighted by molar-refractivity contribution is 0.125. The molecule has 2 heterocycles. The van der Waals surface area contributed by atoms with E-state index in [9.17, 15) is 4.79 Å². The van der Waals surface area contributed by atoms with E-state index >= 15 is 0 Å². The molecule has 0 aliphatic carbocycles. The smallest absolute Gasteiger partial charge is 0.407 e. The topological polar surface area (TPSA) is 68.3 Å². The first-order chi connectivity index (χ1) is 15.1. The van der Waals surface area contributed by atoms with Gasteiger partial charge in [-0.05, 0) is 42.0 Å². The van der Waals surface area contributed by atoms with E-state index in [4.69, 9.17) is 22.1 Å². The summed E-state index contributed by atoms with van der Waals surface area (Å²) in [6.07, 6.45) is -0.871. The number of carboxylic acid groups (broad SMARTS) is 1. The van der Waals surface area contributed by atoms with E-state index in [-0.39, 0.29) is 0 Å². The first kappa shape index (κ1) is 21.5. The van der Waals surface area contributed by atoms with E-state index in [1.807, 2.05) is 36.4 Å². The van der Waals surface area contributed by atoms with Gasteiger partial charge in [0.05, 0.1) is 0 Å². The van der Waals surface area contributed by atoms with Crippen molar-refractivity contribution in [2.45, 2.75) is 6.54 Å². The van der Waals surface area contributed by atoms with Crippen LogP contribution in [-0.2, 0) is 6.54 Å². The van der Waals surface area contributed by atoms with Crippen molar-refractivity contribution >= 4 is 23.3 Å². The van der Waals surface area contributed by atoms with Crippen molar-refractivity contribution in [2.75, 3.05) is 52.4 Å². The van der Waals surface area contributed by atoms with Crippen LogP contribution in [0.2, 0.25) is 0 Å². The van der Waals surface area contributed by atoms with Crippen LogP contribution in [0.25, 0.3) is 0 Å². The van der Waals surface area contributed by atoms with Crippen molar-refractivity contribution in [3.05, 3.63) is 59.7 Å². The second-order valence-electron chi connectivity index (χ2n) is 7.86. The summed E-state index contributed by atoms with van der Waals surface area (Å²) in [5.41, 5.74) is 2.23. The van der Waals surface area contributed by atoms with Gasteiger partial charge in [0.2, 0.25) is 0 Å². The lowest BCUT2D eigenvalue weighted by Gasteiger charge is -2.34. The van der Waals surface area contributed by atoms with Crippen molar-refractivity contribution in [1.82, 2.24) is 20.0 Å². The average molecular weight is 441 g/mol. The SMILES string of the molecule is O=C(O)N1CCN(C(=S)c2ccc(Oc3ccc(CN4CCNCC4)cc3)cc2)CC1. The van der Waals surface area contributed by atoms with Gasteiger partial charge in [-0.25, -0.2) is 4.79 Å². The van der Waals surface area contributed by atoms with Gasteiger partial charge in [-0.15, -0.1) is 0 Å². The van der Waals surface area contributed by atoms with Crippen molar-refractivity contribution in [1.29, 1.82) is 0 Å². The van der Waals surface area contributed by atoms with Crippen LogP contribution in [-0.4, -0.2) is 83.2 Å². The molecule has 2 saturated heterocycles. The van der Waals surface area contributed by atoms with Gasteiger partial charge in [-0.2, -0.15) is 0 Å². The highest BCUT2D eigenvalue weighted by Gasteiger charge is 2.22. The zero-order valence-electron chi connectivity index (χ0n) is 17.5. The normalized spacial score (nSPS) is 17.4. The summed E-state index contributed by atoms with van der Waals surface area (Å²) < 4.78 is 5.99. The zero-order chi connectivity index (χ0) is 21.6. The Bertz CT molecular complexity index is 890. The summed E-state index contributed by atoms with van der Waals surface area (Å²) in [5, 5.41) is 12.5. The number of amides is 1. The molecule has 0 spiro atoms. The molecule has 1 amide bonds. The molecule has 0 unspecified atom stereocenters. The van der Waals surface area contributed by atoms with Crippen LogP contribution < -0.4 is 10.1 Å². The third kappa shape index (κ3) is 5.72. The third-order valence-corrected chi connectivity index (χ3v) is 6.21. The van der Waals surface area contributed by atoms with Gasteiger partial charge < -0.3 is 25.0 Å². The lowest BCUT2D eigenvalue weighted by atomic mass is 10.1. The van der Waals surface area contributed by atoms with Crippen LogP contribution in [0.15, 0.2) is 48.5 Å². The van der Waals surface area contributed by atoms with Crippen molar-refractivity contribution < 1.29 is 14.6 Å². The van der Waals surface area contributed by atoms with Crippen molar-refractivity contribution in [3.63, 3.8) is 0 Å². The maximum atomic E-state index is 11.1. The van der Waals surface area contributed by atoms with Crippen molar-refractivity contribution in [2.24, 2.45) is 0 Å². The number of carbonyl (C=O) groups is 1. The fourth-order valence-corrected chi connectivity index (χ4v) is 4.19. The molecule has 7 nitrogen and oxygen atoms in total. The van der Waals surface area contributed by atoms with Gasteiger partial charge >= 0.3 is 6.09 Å². The Kier molecular flexibility index (Phi) is 7.01. The number of thiocarbonyl (C=S) groups is 1. The van der Waals surface area contributed by atoms with E-state index in [1.54, 1.807) is 0 Å². The lowest BCUT2D eigenvalue weighted by Crippen LogP contribution is -2.50. The van der Waals surface area contributed by atoms with E-state index in [1.165, 1.54) is 10.5 Å². The predicted molar refractivity (Wildman–Crippen MR) is 124 cm³/mol. The molecular weight excluding hydrogens is 412 g/mol.